The van der Waals surface area contributed by atoms with E-state index in [2.05, 4.69) is 136 Å². The molecular formula is C72H112N4O12. The summed E-state index contributed by atoms with van der Waals surface area (Å²) in [5.41, 5.74) is 6.06. The van der Waals surface area contributed by atoms with E-state index in [0.717, 1.165) is 59.1 Å². The SMILES string of the molecule is CC(/C=C/C=C(C)/C=C/C=C(\C)CC/C=C(\C)COC(=O)C(CCCCNC(=O)OC(C)(C)C)NC(=O)OC(C)(C)C)=C\C=C\C=C(C)\C=C\C=C(C)\C=C\C=C(/C)CC/C=C(\C)COC(=O)C(CCCCNC(=O)OC(C)(C)C)NC(=O)OC(C)(C)C. The van der Waals surface area contributed by atoms with Crippen LogP contribution in [0.15, 0.2) is 154 Å². The predicted octanol–water partition coefficient (Wildman–Crippen LogP) is 17.2. The number of hydrogen-bond acceptors (Lipinski definition) is 12. The lowest BCUT2D eigenvalue weighted by atomic mass is 10.1. The molecule has 0 aliphatic heterocycles. The summed E-state index contributed by atoms with van der Waals surface area (Å²) in [7, 11) is 0. The molecule has 0 radical (unpaired) electrons. The maximum absolute atomic E-state index is 13.1. The van der Waals surface area contributed by atoms with E-state index >= 15 is 0 Å². The summed E-state index contributed by atoms with van der Waals surface area (Å²) in [5, 5.41) is 10.7. The maximum atomic E-state index is 13.1. The first-order chi connectivity index (χ1) is 40.9. The predicted molar refractivity (Wildman–Crippen MR) is 359 cm³/mol. The number of amides is 4. The van der Waals surface area contributed by atoms with Crippen LogP contribution in [-0.4, -0.2) is 97.1 Å². The summed E-state index contributed by atoms with van der Waals surface area (Å²) in [4.78, 5) is 75.3. The number of alkyl carbamates (subject to hydrolysis) is 4. The van der Waals surface area contributed by atoms with Crippen LogP contribution in [0.2, 0.25) is 0 Å². The number of allylic oxidation sites excluding steroid dienone is 24. The molecule has 0 saturated heterocycles. The molecule has 0 bridgehead atoms. The van der Waals surface area contributed by atoms with E-state index in [1.807, 2.05) is 50.3 Å². The Balaban J connectivity index is 5.06. The third-order valence-electron chi connectivity index (χ3n) is 11.8. The van der Waals surface area contributed by atoms with Crippen molar-refractivity contribution in [3.8, 4) is 0 Å². The van der Waals surface area contributed by atoms with Gasteiger partial charge in [-0.2, -0.15) is 0 Å². The second-order valence-electron chi connectivity index (χ2n) is 26.1. The van der Waals surface area contributed by atoms with Crippen LogP contribution in [0.1, 0.15) is 203 Å². The Kier molecular flexibility index (Phi) is 39.7. The van der Waals surface area contributed by atoms with Crippen LogP contribution in [0.5, 0.6) is 0 Å². The lowest BCUT2D eigenvalue weighted by molar-refractivity contribution is -0.146. The minimum Gasteiger partial charge on any atom is -0.460 e. The van der Waals surface area contributed by atoms with E-state index in [4.69, 9.17) is 28.4 Å². The third-order valence-corrected chi connectivity index (χ3v) is 11.8. The van der Waals surface area contributed by atoms with Crippen LogP contribution in [0.25, 0.3) is 0 Å². The first kappa shape index (κ1) is 80.6. The molecule has 16 nitrogen and oxygen atoms in total. The second kappa shape index (κ2) is 43.3. The zero-order chi connectivity index (χ0) is 66.9. The summed E-state index contributed by atoms with van der Waals surface area (Å²) in [6.07, 6.45) is 40.9. The lowest BCUT2D eigenvalue weighted by Gasteiger charge is -2.23. The Hall–Kier alpha value is -7.36. The molecule has 0 rings (SSSR count). The zero-order valence-electron chi connectivity index (χ0n) is 57.3. The molecule has 88 heavy (non-hydrogen) atoms. The highest BCUT2D eigenvalue weighted by Gasteiger charge is 2.27. The highest BCUT2D eigenvalue weighted by Crippen LogP contribution is 2.16. The molecule has 0 aliphatic rings. The van der Waals surface area contributed by atoms with Crippen molar-refractivity contribution in [1.29, 1.82) is 0 Å². The largest absolute Gasteiger partial charge is 0.460 e. The third kappa shape index (κ3) is 49.7. The van der Waals surface area contributed by atoms with Crippen LogP contribution >= 0.6 is 0 Å². The number of ether oxygens (including phenoxy) is 6. The molecule has 0 saturated carbocycles. The molecule has 2 atom stereocenters. The highest BCUT2D eigenvalue weighted by molar-refractivity contribution is 5.82. The van der Waals surface area contributed by atoms with Crippen LogP contribution in [0.4, 0.5) is 19.2 Å². The Bertz CT molecular complexity index is 2440. The maximum Gasteiger partial charge on any atom is 0.408 e. The van der Waals surface area contributed by atoms with Gasteiger partial charge in [0, 0.05) is 13.1 Å². The van der Waals surface area contributed by atoms with Crippen molar-refractivity contribution in [2.45, 2.75) is 237 Å². The van der Waals surface area contributed by atoms with Gasteiger partial charge in [-0.15, -0.1) is 0 Å². The molecule has 0 aliphatic carbocycles. The number of carbonyl (C=O) groups is 6. The summed E-state index contributed by atoms with van der Waals surface area (Å²) < 4.78 is 32.5. The summed E-state index contributed by atoms with van der Waals surface area (Å²) in [6, 6.07) is -1.80. The van der Waals surface area contributed by atoms with Gasteiger partial charge in [0.15, 0.2) is 0 Å². The molecule has 2 unspecified atom stereocenters. The van der Waals surface area contributed by atoms with Gasteiger partial charge >= 0.3 is 36.3 Å². The summed E-state index contributed by atoms with van der Waals surface area (Å²) in [6.45, 7) is 38.5. The quantitative estimate of drug-likeness (QED) is 0.0156. The fourth-order valence-electron chi connectivity index (χ4n) is 7.37. The number of carbonyl (C=O) groups excluding carboxylic acids is 6. The minimum absolute atomic E-state index is 0.104. The van der Waals surface area contributed by atoms with Crippen molar-refractivity contribution in [1.82, 2.24) is 21.3 Å². The van der Waals surface area contributed by atoms with Crippen LogP contribution in [0.3, 0.4) is 0 Å². The molecule has 16 heteroatoms. The van der Waals surface area contributed by atoms with E-state index < -0.39 is 70.8 Å². The molecular weight excluding hydrogens is 1110 g/mol. The smallest absolute Gasteiger partial charge is 0.408 e. The van der Waals surface area contributed by atoms with Gasteiger partial charge in [0.05, 0.1) is 0 Å². The van der Waals surface area contributed by atoms with Gasteiger partial charge in [0.2, 0.25) is 0 Å². The van der Waals surface area contributed by atoms with Crippen LogP contribution in [0, 0.1) is 0 Å². The molecule has 0 aromatic carbocycles. The summed E-state index contributed by atoms with van der Waals surface area (Å²) in [5.74, 6) is -1.09. The van der Waals surface area contributed by atoms with E-state index in [1.165, 1.54) is 11.1 Å². The topological polar surface area (TPSA) is 206 Å². The lowest BCUT2D eigenvalue weighted by Crippen LogP contribution is -2.44. The van der Waals surface area contributed by atoms with Gasteiger partial charge in [0.25, 0.3) is 0 Å². The highest BCUT2D eigenvalue weighted by atomic mass is 16.6. The van der Waals surface area contributed by atoms with Gasteiger partial charge in [0.1, 0.15) is 47.7 Å². The molecule has 0 heterocycles. The van der Waals surface area contributed by atoms with E-state index in [0.29, 0.717) is 51.6 Å². The summed E-state index contributed by atoms with van der Waals surface area (Å²) >= 11 is 0. The normalized spacial score (nSPS) is 14.8. The Morgan fingerprint density at radius 1 is 0.364 bits per heavy atom. The second-order valence-corrected chi connectivity index (χ2v) is 26.1. The molecule has 0 spiro atoms. The average Bonchev–Trinajstić information content (AvgIpc) is 3.61. The fourth-order valence-corrected chi connectivity index (χ4v) is 7.37. The molecule has 4 amide bonds. The van der Waals surface area contributed by atoms with E-state index in [-0.39, 0.29) is 13.2 Å². The molecule has 492 valence electrons. The van der Waals surface area contributed by atoms with Crippen molar-refractivity contribution in [2.75, 3.05) is 26.3 Å². The van der Waals surface area contributed by atoms with Crippen molar-refractivity contribution < 1.29 is 57.2 Å². The van der Waals surface area contributed by atoms with Crippen molar-refractivity contribution in [2.24, 2.45) is 0 Å². The molecule has 0 aromatic rings. The Morgan fingerprint density at radius 2 is 0.648 bits per heavy atom. The van der Waals surface area contributed by atoms with Gasteiger partial charge in [-0.3, -0.25) is 0 Å². The van der Waals surface area contributed by atoms with Crippen molar-refractivity contribution in [3.05, 3.63) is 154 Å². The average molecular weight is 1230 g/mol. The number of rotatable bonds is 34. The number of hydrogen-bond donors (Lipinski definition) is 4. The number of nitrogens with one attached hydrogen (secondary N) is 4. The monoisotopic (exact) mass is 1220 g/mol. The van der Waals surface area contributed by atoms with E-state index in [1.54, 1.807) is 83.1 Å². The first-order valence-corrected chi connectivity index (χ1v) is 30.9. The van der Waals surface area contributed by atoms with Gasteiger partial charge < -0.3 is 49.7 Å². The van der Waals surface area contributed by atoms with Crippen molar-refractivity contribution >= 4 is 36.3 Å². The van der Waals surface area contributed by atoms with Crippen molar-refractivity contribution in [3.63, 3.8) is 0 Å². The molecule has 0 fully saturated rings. The van der Waals surface area contributed by atoms with Gasteiger partial charge in [-0.25, -0.2) is 28.8 Å². The first-order valence-electron chi connectivity index (χ1n) is 30.9. The van der Waals surface area contributed by atoms with Gasteiger partial charge in [-0.05, 0) is 214 Å². The Morgan fingerprint density at radius 3 is 0.955 bits per heavy atom. The molecule has 4 N–H and O–H groups in total. The standard InChI is InChI=1S/C72H112N4O12/c1-53(35-27-37-55(3)39-29-41-57(5)43-31-45-59(7)51-83-63(77)61(75-67(81)87-71(15,16)17)47-23-25-49-73-65(79)85-69(9,10)11)33-21-22-34-54(2)36-28-38-56(4)40-30-42-58(6)44-32-46-60(8)52-84-64(78)62(76-68(82)88-72(18,19)20)48-24-26-50-74-66(80)86-70(12,13)14/h21-22,27-30,33-42,45-46,61-62H,23-26,31-32,43-44,47-52H2,1-20H3,(H,73,79)(H,74,80)(H,75,81)(H,76,82)/b22-21+,35-27+,36-28+,39-29+,40-30+,53-33+,54-34+,55-37+,56-38+,57-41+,58-42+,59-45+,60-46+. The number of unbranched alkanes of at least 4 members (excludes halogenated alkanes) is 2. The van der Waals surface area contributed by atoms with Crippen LogP contribution < -0.4 is 21.3 Å². The van der Waals surface area contributed by atoms with Gasteiger partial charge in [-0.1, -0.05) is 143 Å². The fraction of sp³-hybridized carbons (Fsp3) is 0.556. The minimum atomic E-state index is -0.899. The van der Waals surface area contributed by atoms with Crippen LogP contribution in [-0.2, 0) is 38.0 Å². The van der Waals surface area contributed by atoms with E-state index in [9.17, 15) is 28.8 Å². The molecule has 0 aromatic heterocycles. The zero-order valence-corrected chi connectivity index (χ0v) is 57.3. The Labute approximate surface area is 530 Å². The number of esters is 2.